The van der Waals surface area contributed by atoms with Crippen LogP contribution in [0.3, 0.4) is 0 Å². The lowest BCUT2D eigenvalue weighted by molar-refractivity contribution is -0.121. The molecule has 0 aliphatic carbocycles. The van der Waals surface area contributed by atoms with Crippen molar-refractivity contribution in [3.8, 4) is 5.75 Å². The molecule has 7 heteroatoms. The van der Waals surface area contributed by atoms with E-state index in [-0.39, 0.29) is 18.1 Å². The molecule has 6 nitrogen and oxygen atoms in total. The van der Waals surface area contributed by atoms with Gasteiger partial charge < -0.3 is 14.6 Å². The predicted molar refractivity (Wildman–Crippen MR) is 111 cm³/mol. The number of aryl methyl sites for hydroxylation is 1. The summed E-state index contributed by atoms with van der Waals surface area (Å²) in [4.78, 5) is 29.0. The Balaban J connectivity index is 1.88. The Labute approximate surface area is 174 Å². The summed E-state index contributed by atoms with van der Waals surface area (Å²) >= 11 is 6.01. The van der Waals surface area contributed by atoms with E-state index in [1.807, 2.05) is 29.9 Å². The van der Waals surface area contributed by atoms with Gasteiger partial charge in [-0.1, -0.05) is 23.7 Å². The van der Waals surface area contributed by atoms with E-state index >= 15 is 0 Å². The second kappa shape index (κ2) is 8.92. The Hall–Kier alpha value is -3.12. The van der Waals surface area contributed by atoms with Crippen molar-refractivity contribution in [1.82, 2.24) is 14.9 Å². The molecule has 1 heterocycles. The van der Waals surface area contributed by atoms with E-state index in [1.165, 1.54) is 14.0 Å². The molecule has 1 aromatic heterocycles. The van der Waals surface area contributed by atoms with Crippen molar-refractivity contribution in [1.29, 1.82) is 0 Å². The van der Waals surface area contributed by atoms with Crippen LogP contribution in [-0.2, 0) is 18.3 Å². The summed E-state index contributed by atoms with van der Waals surface area (Å²) in [5.74, 6) is 0.976. The first-order chi connectivity index (χ1) is 13.9. The number of halogens is 1. The van der Waals surface area contributed by atoms with Crippen molar-refractivity contribution >= 4 is 23.3 Å². The molecule has 0 unspecified atom stereocenters. The van der Waals surface area contributed by atoms with Gasteiger partial charge in [-0.15, -0.1) is 0 Å². The zero-order valence-electron chi connectivity index (χ0n) is 16.5. The average molecular weight is 412 g/mol. The average Bonchev–Trinajstić information content (AvgIpc) is 3.12. The summed E-state index contributed by atoms with van der Waals surface area (Å²) in [6.45, 7) is 1.49. The molecule has 0 saturated carbocycles. The third kappa shape index (κ3) is 4.84. The van der Waals surface area contributed by atoms with Crippen LogP contribution >= 0.6 is 11.6 Å². The predicted octanol–water partition coefficient (Wildman–Crippen LogP) is 3.73. The number of ketones is 1. The SMILES string of the molecule is COc1ccc(C(C)=O)cc1CC(=O)N[C@@H](c1ccc(Cl)cc1)c1nccn1C. The van der Waals surface area contributed by atoms with Gasteiger partial charge in [-0.05, 0) is 42.8 Å². The first kappa shape index (κ1) is 20.6. The van der Waals surface area contributed by atoms with Gasteiger partial charge in [-0.3, -0.25) is 9.59 Å². The summed E-state index contributed by atoms with van der Waals surface area (Å²) in [5.41, 5.74) is 2.04. The molecule has 0 fully saturated rings. The van der Waals surface area contributed by atoms with E-state index in [1.54, 1.807) is 36.5 Å². The fraction of sp³-hybridized carbons (Fsp3) is 0.227. The first-order valence-electron chi connectivity index (χ1n) is 9.09. The van der Waals surface area contributed by atoms with Crippen LogP contribution in [0.5, 0.6) is 5.75 Å². The summed E-state index contributed by atoms with van der Waals surface area (Å²) in [6, 6.07) is 11.9. The highest BCUT2D eigenvalue weighted by Crippen LogP contribution is 2.24. The number of methoxy groups -OCH3 is 1. The lowest BCUT2D eigenvalue weighted by Crippen LogP contribution is -2.32. The Morgan fingerprint density at radius 1 is 1.21 bits per heavy atom. The number of Topliss-reactive ketones (excluding diaryl/α,β-unsaturated/α-hetero) is 1. The molecular weight excluding hydrogens is 390 g/mol. The van der Waals surface area contributed by atoms with Crippen molar-refractivity contribution in [3.63, 3.8) is 0 Å². The standard InChI is InChI=1S/C22H22ClN3O3/c1-14(27)16-6-9-19(29-3)17(12-16)13-20(28)25-21(22-24-10-11-26(22)2)15-4-7-18(23)8-5-15/h4-12,21H,13H2,1-3H3,(H,25,28)/t21-/m0/s1. The first-order valence-corrected chi connectivity index (χ1v) is 9.46. The second-order valence-electron chi connectivity index (χ2n) is 6.71. The Morgan fingerprint density at radius 2 is 1.93 bits per heavy atom. The highest BCUT2D eigenvalue weighted by atomic mass is 35.5. The zero-order valence-corrected chi connectivity index (χ0v) is 17.2. The Bertz CT molecular complexity index is 1030. The highest BCUT2D eigenvalue weighted by molar-refractivity contribution is 6.30. The molecular formula is C22H22ClN3O3. The number of hydrogen-bond acceptors (Lipinski definition) is 4. The summed E-state index contributed by atoms with van der Waals surface area (Å²) in [5, 5.41) is 3.65. The van der Waals surface area contributed by atoms with Crippen molar-refractivity contribution in [2.45, 2.75) is 19.4 Å². The van der Waals surface area contributed by atoms with Gasteiger partial charge in [-0.2, -0.15) is 0 Å². The molecule has 0 radical (unpaired) electrons. The molecule has 0 aliphatic heterocycles. The normalized spacial score (nSPS) is 11.7. The van der Waals surface area contributed by atoms with Crippen LogP contribution in [0, 0.1) is 0 Å². The highest BCUT2D eigenvalue weighted by Gasteiger charge is 2.22. The number of carbonyl (C=O) groups is 2. The van der Waals surface area contributed by atoms with Crippen molar-refractivity contribution in [2.24, 2.45) is 7.05 Å². The van der Waals surface area contributed by atoms with Crippen LogP contribution in [0.1, 0.15) is 40.3 Å². The van der Waals surface area contributed by atoms with Crippen LogP contribution < -0.4 is 10.1 Å². The number of ether oxygens (including phenoxy) is 1. The summed E-state index contributed by atoms with van der Waals surface area (Å²) < 4.78 is 7.21. The molecule has 0 aliphatic rings. The van der Waals surface area contributed by atoms with E-state index in [0.717, 1.165) is 5.56 Å². The molecule has 3 rings (SSSR count). The van der Waals surface area contributed by atoms with E-state index in [4.69, 9.17) is 16.3 Å². The van der Waals surface area contributed by atoms with Gasteiger partial charge in [-0.25, -0.2) is 4.98 Å². The third-order valence-electron chi connectivity index (χ3n) is 4.66. The lowest BCUT2D eigenvalue weighted by atomic mass is 10.0. The maximum Gasteiger partial charge on any atom is 0.225 e. The van der Waals surface area contributed by atoms with Crippen LogP contribution in [-0.4, -0.2) is 28.4 Å². The van der Waals surface area contributed by atoms with Crippen LogP contribution in [0.4, 0.5) is 0 Å². The molecule has 3 aromatic rings. The fourth-order valence-corrected chi connectivity index (χ4v) is 3.25. The number of hydrogen-bond donors (Lipinski definition) is 1. The quantitative estimate of drug-likeness (QED) is 0.601. The topological polar surface area (TPSA) is 73.2 Å². The number of amides is 1. The van der Waals surface area contributed by atoms with E-state index in [2.05, 4.69) is 10.3 Å². The number of imidazole rings is 1. The number of rotatable bonds is 7. The largest absolute Gasteiger partial charge is 0.496 e. The molecule has 0 saturated heterocycles. The van der Waals surface area contributed by atoms with Crippen LogP contribution in [0.2, 0.25) is 5.02 Å². The van der Waals surface area contributed by atoms with E-state index < -0.39 is 6.04 Å². The number of nitrogens with one attached hydrogen (secondary N) is 1. The smallest absolute Gasteiger partial charge is 0.225 e. The monoisotopic (exact) mass is 411 g/mol. The molecule has 1 amide bonds. The minimum absolute atomic E-state index is 0.0682. The minimum Gasteiger partial charge on any atom is -0.496 e. The number of benzene rings is 2. The number of aromatic nitrogens is 2. The molecule has 0 spiro atoms. The second-order valence-corrected chi connectivity index (χ2v) is 7.14. The zero-order chi connectivity index (χ0) is 21.0. The Kier molecular flexibility index (Phi) is 6.34. The molecule has 1 atom stereocenters. The van der Waals surface area contributed by atoms with Crippen molar-refractivity contribution < 1.29 is 14.3 Å². The maximum atomic E-state index is 12.9. The molecule has 29 heavy (non-hydrogen) atoms. The van der Waals surface area contributed by atoms with Gasteiger partial charge in [0.1, 0.15) is 17.6 Å². The Morgan fingerprint density at radius 3 is 2.52 bits per heavy atom. The van der Waals surface area contributed by atoms with Crippen LogP contribution in [0.15, 0.2) is 54.9 Å². The van der Waals surface area contributed by atoms with Gasteiger partial charge in [0.2, 0.25) is 5.91 Å². The van der Waals surface area contributed by atoms with Gasteiger partial charge in [0.15, 0.2) is 5.78 Å². The molecule has 2 aromatic carbocycles. The van der Waals surface area contributed by atoms with Gasteiger partial charge in [0.05, 0.1) is 13.5 Å². The van der Waals surface area contributed by atoms with Crippen molar-refractivity contribution in [3.05, 3.63) is 82.4 Å². The van der Waals surface area contributed by atoms with E-state index in [0.29, 0.717) is 27.7 Å². The molecule has 1 N–H and O–H groups in total. The van der Waals surface area contributed by atoms with Crippen molar-refractivity contribution in [2.75, 3.05) is 7.11 Å². The molecule has 150 valence electrons. The van der Waals surface area contributed by atoms with Gasteiger partial charge in [0.25, 0.3) is 0 Å². The van der Waals surface area contributed by atoms with Gasteiger partial charge >= 0.3 is 0 Å². The fourth-order valence-electron chi connectivity index (χ4n) is 3.13. The molecule has 0 bridgehead atoms. The van der Waals surface area contributed by atoms with Gasteiger partial charge in [0, 0.05) is 35.6 Å². The van der Waals surface area contributed by atoms with E-state index in [9.17, 15) is 9.59 Å². The number of nitrogens with zero attached hydrogens (tertiary/aromatic N) is 2. The maximum absolute atomic E-state index is 12.9. The summed E-state index contributed by atoms with van der Waals surface area (Å²) in [6.07, 6.45) is 3.58. The third-order valence-corrected chi connectivity index (χ3v) is 4.92. The summed E-state index contributed by atoms with van der Waals surface area (Å²) in [7, 11) is 3.41. The van der Waals surface area contributed by atoms with Crippen LogP contribution in [0.25, 0.3) is 0 Å². The minimum atomic E-state index is -0.443. The lowest BCUT2D eigenvalue weighted by Gasteiger charge is -2.20. The number of carbonyl (C=O) groups excluding carboxylic acids is 2.